The Kier molecular flexibility index (Phi) is 9.72. The van der Waals surface area contributed by atoms with E-state index < -0.39 is 16.5 Å². The Morgan fingerprint density at radius 3 is 2.38 bits per heavy atom. The number of benzene rings is 2. The maximum absolute atomic E-state index is 13.3. The molecule has 0 radical (unpaired) electrons. The number of rotatable bonds is 11. The molecule has 1 heterocycles. The second-order valence-electron chi connectivity index (χ2n) is 9.61. The third-order valence-corrected chi connectivity index (χ3v) is 7.81. The summed E-state index contributed by atoms with van der Waals surface area (Å²) in [6.45, 7) is 8.23. The van der Waals surface area contributed by atoms with Crippen molar-refractivity contribution in [3.63, 3.8) is 0 Å². The van der Waals surface area contributed by atoms with Gasteiger partial charge in [-0.2, -0.15) is 0 Å². The summed E-state index contributed by atoms with van der Waals surface area (Å²) in [6.07, 6.45) is 5.83. The minimum Gasteiger partial charge on any atom is -0.444 e. The van der Waals surface area contributed by atoms with E-state index >= 15 is 0 Å². The molecule has 0 bridgehead atoms. The Balaban J connectivity index is 1.73. The average Bonchev–Trinajstić information content (AvgIpc) is 3.07. The first-order chi connectivity index (χ1) is 16.3. The van der Waals surface area contributed by atoms with E-state index in [1.807, 2.05) is 75.4 Å². The Morgan fingerprint density at radius 2 is 1.71 bits per heavy atom. The van der Waals surface area contributed by atoms with E-state index in [1.54, 1.807) is 4.90 Å². The molecule has 1 amide bonds. The van der Waals surface area contributed by atoms with Crippen LogP contribution in [0.25, 0.3) is 0 Å². The average molecular weight is 486 g/mol. The van der Waals surface area contributed by atoms with Crippen molar-refractivity contribution in [3.8, 4) is 0 Å². The van der Waals surface area contributed by atoms with Crippen molar-refractivity contribution in [3.05, 3.63) is 65.7 Å². The molecule has 0 saturated carbocycles. The lowest BCUT2D eigenvalue weighted by molar-refractivity contribution is -0.0660. The van der Waals surface area contributed by atoms with Gasteiger partial charge in [-0.25, -0.2) is 4.79 Å². The zero-order valence-electron chi connectivity index (χ0n) is 21.0. The van der Waals surface area contributed by atoms with Gasteiger partial charge in [-0.1, -0.05) is 87.1 Å². The Bertz CT molecular complexity index is 929. The van der Waals surface area contributed by atoms with Crippen LogP contribution in [0.3, 0.4) is 0 Å². The van der Waals surface area contributed by atoms with E-state index in [1.165, 1.54) is 19.3 Å². The Labute approximate surface area is 207 Å². The quantitative estimate of drug-likeness (QED) is 0.336. The topological polar surface area (TPSA) is 55.8 Å². The minimum atomic E-state index is -1.21. The molecule has 3 rings (SSSR count). The van der Waals surface area contributed by atoms with Gasteiger partial charge in [-0.05, 0) is 44.9 Å². The summed E-state index contributed by atoms with van der Waals surface area (Å²) in [5.74, 6) is 0.356. The molecule has 1 aliphatic rings. The van der Waals surface area contributed by atoms with Crippen LogP contribution in [0.15, 0.2) is 59.5 Å². The third-order valence-electron chi connectivity index (χ3n) is 6.39. The minimum absolute atomic E-state index is 0.172. The summed E-state index contributed by atoms with van der Waals surface area (Å²) in [4.78, 5) is 15.8. The van der Waals surface area contributed by atoms with E-state index in [9.17, 15) is 9.00 Å². The number of nitrogens with zero attached hydrogens (tertiary/aromatic N) is 1. The molecule has 0 aliphatic carbocycles. The molecule has 0 spiro atoms. The van der Waals surface area contributed by atoms with E-state index in [4.69, 9.17) is 9.47 Å². The molecule has 186 valence electrons. The van der Waals surface area contributed by atoms with E-state index in [0.717, 1.165) is 35.3 Å². The SMILES string of the molecule is CCCCCCC[C@@H]1[C@@H](CS(=O)c2ccc(C)cc2)OC(C)(C)N1C(=O)OCc1ccccc1. The largest absolute Gasteiger partial charge is 0.444 e. The van der Waals surface area contributed by atoms with Crippen molar-refractivity contribution in [2.45, 2.75) is 95.6 Å². The second-order valence-corrected chi connectivity index (χ2v) is 11.1. The number of aryl methyl sites for hydroxylation is 1. The molecule has 6 heteroatoms. The van der Waals surface area contributed by atoms with Crippen molar-refractivity contribution in [2.75, 3.05) is 5.75 Å². The summed E-state index contributed by atoms with van der Waals surface area (Å²) in [6, 6.07) is 17.3. The number of carbonyl (C=O) groups is 1. The molecule has 2 aromatic rings. The predicted molar refractivity (Wildman–Crippen MR) is 137 cm³/mol. The molecule has 0 aromatic heterocycles. The number of amides is 1. The molecule has 1 aliphatic heterocycles. The number of unbranched alkanes of at least 4 members (excludes halogenated alkanes) is 4. The lowest BCUT2D eigenvalue weighted by Crippen LogP contribution is -2.48. The fourth-order valence-corrected chi connectivity index (χ4v) is 5.79. The van der Waals surface area contributed by atoms with Gasteiger partial charge in [0.25, 0.3) is 0 Å². The summed E-state index contributed by atoms with van der Waals surface area (Å²) in [5.41, 5.74) is 1.25. The van der Waals surface area contributed by atoms with E-state index in [-0.39, 0.29) is 24.8 Å². The highest BCUT2D eigenvalue weighted by Crippen LogP contribution is 2.36. The highest BCUT2D eigenvalue weighted by atomic mass is 32.2. The molecular weight excluding hydrogens is 446 g/mol. The van der Waals surface area contributed by atoms with E-state index in [2.05, 4.69) is 6.92 Å². The summed E-state index contributed by atoms with van der Waals surface area (Å²) in [7, 11) is -1.21. The van der Waals surface area contributed by atoms with Crippen LogP contribution in [-0.2, 0) is 26.9 Å². The van der Waals surface area contributed by atoms with Crippen LogP contribution >= 0.6 is 0 Å². The van der Waals surface area contributed by atoms with Gasteiger partial charge in [-0.15, -0.1) is 0 Å². The number of ether oxygens (including phenoxy) is 2. The van der Waals surface area contributed by atoms with Gasteiger partial charge < -0.3 is 9.47 Å². The fourth-order valence-electron chi connectivity index (χ4n) is 4.57. The van der Waals surface area contributed by atoms with Gasteiger partial charge in [0, 0.05) is 4.90 Å². The number of hydrogen-bond donors (Lipinski definition) is 0. The van der Waals surface area contributed by atoms with Gasteiger partial charge in [0.1, 0.15) is 12.3 Å². The Hall–Kier alpha value is -2.18. The van der Waals surface area contributed by atoms with Gasteiger partial charge in [-0.3, -0.25) is 9.11 Å². The molecule has 1 saturated heterocycles. The fraction of sp³-hybridized carbons (Fsp3) is 0.536. The third kappa shape index (κ3) is 7.16. The lowest BCUT2D eigenvalue weighted by atomic mass is 10.0. The molecule has 0 N–H and O–H groups in total. The zero-order valence-corrected chi connectivity index (χ0v) is 21.8. The van der Waals surface area contributed by atoms with Crippen molar-refractivity contribution in [1.29, 1.82) is 0 Å². The molecule has 1 fully saturated rings. The normalized spacial score (nSPS) is 20.3. The van der Waals surface area contributed by atoms with Crippen LogP contribution < -0.4 is 0 Å². The monoisotopic (exact) mass is 485 g/mol. The first-order valence-corrected chi connectivity index (χ1v) is 13.8. The molecule has 3 atom stereocenters. The van der Waals surface area contributed by atoms with Gasteiger partial charge in [0.15, 0.2) is 0 Å². The second kappa shape index (κ2) is 12.5. The first-order valence-electron chi connectivity index (χ1n) is 12.4. The number of carbonyl (C=O) groups excluding carboxylic acids is 1. The molecule has 2 aromatic carbocycles. The van der Waals surface area contributed by atoms with Crippen LogP contribution in [0.1, 0.15) is 70.4 Å². The molecule has 34 heavy (non-hydrogen) atoms. The van der Waals surface area contributed by atoms with Crippen LogP contribution in [0.4, 0.5) is 4.79 Å². The van der Waals surface area contributed by atoms with Crippen molar-refractivity contribution >= 4 is 16.9 Å². The van der Waals surface area contributed by atoms with E-state index in [0.29, 0.717) is 5.75 Å². The van der Waals surface area contributed by atoms with Gasteiger partial charge >= 0.3 is 6.09 Å². The maximum atomic E-state index is 13.3. The van der Waals surface area contributed by atoms with Gasteiger partial charge in [0.05, 0.1) is 28.7 Å². The van der Waals surface area contributed by atoms with Gasteiger partial charge in [0.2, 0.25) is 0 Å². The predicted octanol–water partition coefficient (Wildman–Crippen LogP) is 6.61. The van der Waals surface area contributed by atoms with Crippen LogP contribution in [-0.4, -0.2) is 38.8 Å². The highest BCUT2D eigenvalue weighted by molar-refractivity contribution is 7.85. The first kappa shape index (κ1) is 26.4. The molecule has 1 unspecified atom stereocenters. The molecule has 5 nitrogen and oxygen atoms in total. The lowest BCUT2D eigenvalue weighted by Gasteiger charge is -2.33. The maximum Gasteiger partial charge on any atom is 0.412 e. The summed E-state index contributed by atoms with van der Waals surface area (Å²) >= 11 is 0. The van der Waals surface area contributed by atoms with Crippen molar-refractivity contribution in [1.82, 2.24) is 4.90 Å². The van der Waals surface area contributed by atoms with Crippen LogP contribution in [0.2, 0.25) is 0 Å². The summed E-state index contributed by atoms with van der Waals surface area (Å²) < 4.78 is 25.2. The summed E-state index contributed by atoms with van der Waals surface area (Å²) in [5, 5.41) is 0. The number of hydrogen-bond acceptors (Lipinski definition) is 4. The Morgan fingerprint density at radius 1 is 1.03 bits per heavy atom. The zero-order chi connectivity index (χ0) is 24.6. The van der Waals surface area contributed by atoms with Crippen molar-refractivity contribution in [2.24, 2.45) is 0 Å². The van der Waals surface area contributed by atoms with Crippen LogP contribution in [0, 0.1) is 6.92 Å². The smallest absolute Gasteiger partial charge is 0.412 e. The molecular formula is C28H39NO4S. The van der Waals surface area contributed by atoms with Crippen molar-refractivity contribution < 1.29 is 18.5 Å². The standard InChI is InChI=1S/C28H39NO4S/c1-5-6-7-8-12-15-25-26(21-34(31)24-18-16-22(2)17-19-24)33-28(3,4)29(25)27(30)32-20-23-13-10-9-11-14-23/h9-11,13-14,16-19,25-26H,5-8,12,15,20-21H2,1-4H3/t25-,26-,34?/m1/s1. The highest BCUT2D eigenvalue weighted by Gasteiger charge is 2.50. The van der Waals surface area contributed by atoms with Crippen LogP contribution in [0.5, 0.6) is 0 Å².